The fourth-order valence-corrected chi connectivity index (χ4v) is 1.22. The molecule has 14 heavy (non-hydrogen) atoms. The Labute approximate surface area is 88.2 Å². The zero-order valence-corrected chi connectivity index (χ0v) is 9.03. The van der Waals surface area contributed by atoms with Crippen LogP contribution in [-0.4, -0.2) is 6.04 Å². The van der Waals surface area contributed by atoms with Crippen LogP contribution in [0.5, 0.6) is 0 Å². The van der Waals surface area contributed by atoms with Gasteiger partial charge in [-0.25, -0.2) is 4.39 Å². The molecule has 0 fully saturated rings. The van der Waals surface area contributed by atoms with E-state index >= 15 is 0 Å². The molecule has 1 aromatic carbocycles. The molecule has 1 aromatic rings. The van der Waals surface area contributed by atoms with Crippen molar-refractivity contribution in [1.29, 1.82) is 0 Å². The minimum Gasteiger partial charge on any atom is -0.397 e. The first-order valence-corrected chi connectivity index (χ1v) is 4.93. The molecule has 0 aliphatic carbocycles. The third-order valence-corrected chi connectivity index (χ3v) is 2.40. The maximum atomic E-state index is 12.9. The maximum Gasteiger partial charge on any atom is 0.143 e. The lowest BCUT2D eigenvalue weighted by atomic mass is 10.2. The quantitative estimate of drug-likeness (QED) is 0.762. The number of hydrogen-bond donors (Lipinski definition) is 2. The van der Waals surface area contributed by atoms with E-state index in [1.807, 2.05) is 6.92 Å². The average molecular weight is 217 g/mol. The Morgan fingerprint density at radius 3 is 2.79 bits per heavy atom. The molecular weight excluding hydrogens is 203 g/mol. The van der Waals surface area contributed by atoms with Crippen LogP contribution in [0.2, 0.25) is 5.02 Å². The highest BCUT2D eigenvalue weighted by molar-refractivity contribution is 6.31. The number of nitrogen functional groups attached to an aromatic ring is 1. The minimum absolute atomic E-state index is 0.0880. The summed E-state index contributed by atoms with van der Waals surface area (Å²) in [7, 11) is 0. The molecule has 0 aliphatic heterocycles. The summed E-state index contributed by atoms with van der Waals surface area (Å²) in [5.41, 5.74) is 6.70. The number of halogens is 2. The van der Waals surface area contributed by atoms with Crippen molar-refractivity contribution in [3.05, 3.63) is 23.0 Å². The lowest BCUT2D eigenvalue weighted by Gasteiger charge is -2.15. The molecule has 0 heterocycles. The van der Waals surface area contributed by atoms with E-state index in [1.165, 1.54) is 12.1 Å². The fourth-order valence-electron chi connectivity index (χ4n) is 1.05. The van der Waals surface area contributed by atoms with Crippen LogP contribution in [0.25, 0.3) is 0 Å². The van der Waals surface area contributed by atoms with Crippen LogP contribution in [0.3, 0.4) is 0 Å². The van der Waals surface area contributed by atoms with Crippen LogP contribution < -0.4 is 11.1 Å². The largest absolute Gasteiger partial charge is 0.397 e. The number of benzene rings is 1. The molecule has 0 saturated carbocycles. The number of anilines is 2. The van der Waals surface area contributed by atoms with Gasteiger partial charge in [-0.2, -0.15) is 0 Å². The molecule has 78 valence electrons. The molecule has 0 saturated heterocycles. The predicted octanol–water partition coefficient (Wildman–Crippen LogP) is 3.27. The van der Waals surface area contributed by atoms with Gasteiger partial charge in [-0.3, -0.25) is 0 Å². The molecule has 0 amide bonds. The Bertz CT molecular complexity index is 328. The van der Waals surface area contributed by atoms with Crippen molar-refractivity contribution in [1.82, 2.24) is 0 Å². The highest BCUT2D eigenvalue weighted by Gasteiger charge is 2.07. The average Bonchev–Trinajstić information content (AvgIpc) is 2.14. The summed E-state index contributed by atoms with van der Waals surface area (Å²) in [5.74, 6) is -0.487. The fraction of sp³-hybridized carbons (Fsp3) is 0.400. The van der Waals surface area contributed by atoms with E-state index in [0.717, 1.165) is 6.42 Å². The second-order valence-corrected chi connectivity index (χ2v) is 3.71. The first kappa shape index (κ1) is 11.1. The van der Waals surface area contributed by atoms with Crippen molar-refractivity contribution in [3.63, 3.8) is 0 Å². The predicted molar refractivity (Wildman–Crippen MR) is 59.2 cm³/mol. The van der Waals surface area contributed by atoms with Gasteiger partial charge in [-0.05, 0) is 19.4 Å². The molecule has 4 heteroatoms. The molecule has 3 N–H and O–H groups in total. The molecule has 2 nitrogen and oxygen atoms in total. The summed E-state index contributed by atoms with van der Waals surface area (Å²) in [4.78, 5) is 0. The number of rotatable bonds is 3. The highest BCUT2D eigenvalue weighted by atomic mass is 35.5. The summed E-state index contributed by atoms with van der Waals surface area (Å²) >= 11 is 5.64. The van der Waals surface area contributed by atoms with E-state index in [0.29, 0.717) is 17.4 Å². The van der Waals surface area contributed by atoms with Gasteiger partial charge < -0.3 is 11.1 Å². The molecule has 0 bridgehead atoms. The Kier molecular flexibility index (Phi) is 3.58. The zero-order valence-electron chi connectivity index (χ0n) is 8.27. The highest BCUT2D eigenvalue weighted by Crippen LogP contribution is 2.26. The van der Waals surface area contributed by atoms with Crippen LogP contribution in [0.4, 0.5) is 15.8 Å². The van der Waals surface area contributed by atoms with E-state index in [1.54, 1.807) is 0 Å². The Morgan fingerprint density at radius 2 is 2.21 bits per heavy atom. The summed E-state index contributed by atoms with van der Waals surface area (Å²) in [6.45, 7) is 4.08. The maximum absolute atomic E-state index is 12.9. The van der Waals surface area contributed by atoms with E-state index in [4.69, 9.17) is 17.3 Å². The van der Waals surface area contributed by atoms with Gasteiger partial charge in [0.1, 0.15) is 5.82 Å². The number of nitrogens with one attached hydrogen (secondary N) is 1. The molecule has 1 unspecified atom stereocenters. The van der Waals surface area contributed by atoms with Crippen molar-refractivity contribution in [2.45, 2.75) is 26.3 Å². The SMILES string of the molecule is CCC(C)Nc1cc(Cl)c(F)cc1N. The van der Waals surface area contributed by atoms with E-state index in [2.05, 4.69) is 12.2 Å². The van der Waals surface area contributed by atoms with Crippen molar-refractivity contribution in [3.8, 4) is 0 Å². The van der Waals surface area contributed by atoms with Gasteiger partial charge in [0.15, 0.2) is 0 Å². The standard InChI is InChI=1S/C10H14ClFN2/c1-3-6(2)14-10-4-7(11)8(12)5-9(10)13/h4-6,14H,3,13H2,1-2H3. The van der Waals surface area contributed by atoms with Crippen LogP contribution in [0.1, 0.15) is 20.3 Å². The first-order valence-electron chi connectivity index (χ1n) is 4.55. The van der Waals surface area contributed by atoms with Gasteiger partial charge in [0.25, 0.3) is 0 Å². The monoisotopic (exact) mass is 216 g/mol. The third-order valence-electron chi connectivity index (χ3n) is 2.11. The molecule has 0 aliphatic rings. The van der Waals surface area contributed by atoms with Crippen LogP contribution in [0, 0.1) is 5.82 Å². The lowest BCUT2D eigenvalue weighted by Crippen LogP contribution is -2.14. The Morgan fingerprint density at radius 1 is 1.57 bits per heavy atom. The second kappa shape index (κ2) is 4.51. The smallest absolute Gasteiger partial charge is 0.143 e. The Balaban J connectivity index is 2.92. The minimum atomic E-state index is -0.487. The Hall–Kier alpha value is -0.960. The van der Waals surface area contributed by atoms with Crippen molar-refractivity contribution >= 4 is 23.0 Å². The zero-order chi connectivity index (χ0) is 10.7. The van der Waals surface area contributed by atoms with Gasteiger partial charge >= 0.3 is 0 Å². The molecule has 0 radical (unpaired) electrons. The van der Waals surface area contributed by atoms with Gasteiger partial charge in [0.05, 0.1) is 16.4 Å². The summed E-state index contributed by atoms with van der Waals surface area (Å²) in [5, 5.41) is 3.24. The molecule has 0 spiro atoms. The van der Waals surface area contributed by atoms with Crippen molar-refractivity contribution in [2.75, 3.05) is 11.1 Å². The van der Waals surface area contributed by atoms with Gasteiger partial charge in [-0.15, -0.1) is 0 Å². The van der Waals surface area contributed by atoms with Crippen LogP contribution in [0.15, 0.2) is 12.1 Å². The van der Waals surface area contributed by atoms with Gasteiger partial charge in [0.2, 0.25) is 0 Å². The van der Waals surface area contributed by atoms with Gasteiger partial charge in [-0.1, -0.05) is 18.5 Å². The summed E-state index contributed by atoms with van der Waals surface area (Å²) in [6, 6.07) is 3.03. The van der Waals surface area contributed by atoms with E-state index in [-0.39, 0.29) is 5.02 Å². The van der Waals surface area contributed by atoms with Crippen molar-refractivity contribution in [2.24, 2.45) is 0 Å². The van der Waals surface area contributed by atoms with Crippen LogP contribution >= 0.6 is 11.6 Å². The number of nitrogens with two attached hydrogens (primary N) is 1. The molecule has 1 atom stereocenters. The van der Waals surface area contributed by atoms with Crippen LogP contribution in [-0.2, 0) is 0 Å². The number of hydrogen-bond acceptors (Lipinski definition) is 2. The molecule has 0 aromatic heterocycles. The molecular formula is C10H14ClFN2. The van der Waals surface area contributed by atoms with Gasteiger partial charge in [0, 0.05) is 12.1 Å². The third kappa shape index (κ3) is 2.51. The lowest BCUT2D eigenvalue weighted by molar-refractivity contribution is 0.629. The first-order chi connectivity index (χ1) is 6.54. The topological polar surface area (TPSA) is 38.0 Å². The molecule has 1 rings (SSSR count). The summed E-state index contributed by atoms with van der Waals surface area (Å²) < 4.78 is 12.9. The van der Waals surface area contributed by atoms with Crippen molar-refractivity contribution < 1.29 is 4.39 Å². The normalized spacial score (nSPS) is 12.6. The summed E-state index contributed by atoms with van der Waals surface area (Å²) in [6.07, 6.45) is 0.967. The van der Waals surface area contributed by atoms with E-state index < -0.39 is 5.82 Å². The second-order valence-electron chi connectivity index (χ2n) is 3.31. The van der Waals surface area contributed by atoms with E-state index in [9.17, 15) is 4.39 Å².